The number of benzene rings is 1. The number of nitrogens with one attached hydrogen (secondary N) is 1. The number of aromatic nitrogens is 2. The number of hydrogen-bond acceptors (Lipinski definition) is 4. The minimum Gasteiger partial charge on any atom is -0.363 e. The molecule has 0 aliphatic rings. The lowest BCUT2D eigenvalue weighted by Gasteiger charge is -2.07. The molecule has 0 unspecified atom stereocenters. The zero-order chi connectivity index (χ0) is 13.0. The van der Waals surface area contributed by atoms with Crippen molar-refractivity contribution in [1.29, 1.82) is 5.26 Å². The molecule has 0 radical (unpaired) electrons. The summed E-state index contributed by atoms with van der Waals surface area (Å²) in [6, 6.07) is 6.59. The van der Waals surface area contributed by atoms with Gasteiger partial charge >= 0.3 is 0 Å². The van der Waals surface area contributed by atoms with Gasteiger partial charge in [0.1, 0.15) is 11.9 Å². The van der Waals surface area contributed by atoms with Crippen molar-refractivity contribution in [3.63, 3.8) is 0 Å². The summed E-state index contributed by atoms with van der Waals surface area (Å²) >= 11 is 3.28. The van der Waals surface area contributed by atoms with Gasteiger partial charge in [0, 0.05) is 29.0 Å². The van der Waals surface area contributed by atoms with Gasteiger partial charge in [-0.2, -0.15) is 5.26 Å². The van der Waals surface area contributed by atoms with E-state index >= 15 is 0 Å². The van der Waals surface area contributed by atoms with Crippen molar-refractivity contribution in [2.75, 3.05) is 5.32 Å². The van der Waals surface area contributed by atoms with Crippen LogP contribution in [0.1, 0.15) is 11.3 Å². The first kappa shape index (κ1) is 12.5. The van der Waals surface area contributed by atoms with E-state index in [9.17, 15) is 4.39 Å². The molecule has 0 bridgehead atoms. The van der Waals surface area contributed by atoms with Crippen molar-refractivity contribution >= 4 is 21.7 Å². The molecule has 6 heteroatoms. The Morgan fingerprint density at radius 1 is 1.33 bits per heavy atom. The van der Waals surface area contributed by atoms with Gasteiger partial charge in [-0.15, -0.1) is 0 Å². The van der Waals surface area contributed by atoms with E-state index in [1.807, 2.05) is 6.07 Å². The van der Waals surface area contributed by atoms with E-state index in [1.54, 1.807) is 12.1 Å². The summed E-state index contributed by atoms with van der Waals surface area (Å²) in [6.07, 6.45) is 2.91. The van der Waals surface area contributed by atoms with E-state index < -0.39 is 0 Å². The van der Waals surface area contributed by atoms with E-state index in [2.05, 4.69) is 31.2 Å². The third-order valence-corrected chi connectivity index (χ3v) is 2.75. The van der Waals surface area contributed by atoms with Gasteiger partial charge in [0.05, 0.1) is 0 Å². The summed E-state index contributed by atoms with van der Waals surface area (Å²) in [5.74, 6) is 0.0347. The minimum absolute atomic E-state index is 0.188. The summed E-state index contributed by atoms with van der Waals surface area (Å²) in [6.45, 7) is 0.235. The van der Waals surface area contributed by atoms with Gasteiger partial charge in [0.2, 0.25) is 0 Å². The van der Waals surface area contributed by atoms with Crippen LogP contribution in [0.25, 0.3) is 0 Å². The molecule has 4 nitrogen and oxygen atoms in total. The Labute approximate surface area is 112 Å². The smallest absolute Gasteiger partial charge is 0.182 e. The molecule has 0 atom stereocenters. The summed E-state index contributed by atoms with van der Waals surface area (Å²) in [4.78, 5) is 7.85. The number of nitriles is 1. The van der Waals surface area contributed by atoms with Crippen molar-refractivity contribution < 1.29 is 4.39 Å². The molecule has 1 aromatic heterocycles. The van der Waals surface area contributed by atoms with Gasteiger partial charge in [0.15, 0.2) is 11.5 Å². The lowest BCUT2D eigenvalue weighted by molar-refractivity contribution is 0.612. The van der Waals surface area contributed by atoms with Gasteiger partial charge in [0.25, 0.3) is 0 Å². The molecule has 0 aliphatic heterocycles. The summed E-state index contributed by atoms with van der Waals surface area (Å²) in [7, 11) is 0. The normalized spacial score (nSPS) is 9.83. The predicted octanol–water partition coefficient (Wildman–Crippen LogP) is 2.86. The van der Waals surface area contributed by atoms with Gasteiger partial charge in [-0.1, -0.05) is 15.9 Å². The largest absolute Gasteiger partial charge is 0.363 e. The van der Waals surface area contributed by atoms with E-state index in [1.165, 1.54) is 18.5 Å². The van der Waals surface area contributed by atoms with Crippen molar-refractivity contribution in [2.24, 2.45) is 0 Å². The summed E-state index contributed by atoms with van der Waals surface area (Å²) in [5.41, 5.74) is 0.673. The second-order valence-electron chi connectivity index (χ2n) is 3.45. The molecule has 0 amide bonds. The van der Waals surface area contributed by atoms with Crippen molar-refractivity contribution in [3.8, 4) is 6.07 Å². The highest BCUT2D eigenvalue weighted by Gasteiger charge is 2.06. The predicted molar refractivity (Wildman–Crippen MR) is 68.2 cm³/mol. The lowest BCUT2D eigenvalue weighted by atomic mass is 10.2. The number of rotatable bonds is 3. The number of hydrogen-bond donors (Lipinski definition) is 1. The molecule has 1 heterocycles. The molecule has 1 aromatic carbocycles. The van der Waals surface area contributed by atoms with E-state index in [-0.39, 0.29) is 18.1 Å². The molecule has 0 saturated carbocycles. The van der Waals surface area contributed by atoms with Gasteiger partial charge in [-0.3, -0.25) is 0 Å². The van der Waals surface area contributed by atoms with E-state index in [4.69, 9.17) is 5.26 Å². The average Bonchev–Trinajstić information content (AvgIpc) is 2.40. The molecule has 0 fully saturated rings. The topological polar surface area (TPSA) is 61.6 Å². The molecular formula is C12H8BrFN4. The maximum Gasteiger partial charge on any atom is 0.182 e. The zero-order valence-corrected chi connectivity index (χ0v) is 10.8. The van der Waals surface area contributed by atoms with Crippen LogP contribution in [0.5, 0.6) is 0 Å². The van der Waals surface area contributed by atoms with Gasteiger partial charge < -0.3 is 5.32 Å². The van der Waals surface area contributed by atoms with Crippen LogP contribution in [0.15, 0.2) is 35.1 Å². The maximum atomic E-state index is 13.5. The van der Waals surface area contributed by atoms with Crippen LogP contribution in [-0.2, 0) is 6.54 Å². The van der Waals surface area contributed by atoms with Crippen LogP contribution in [0.4, 0.5) is 10.2 Å². The second-order valence-corrected chi connectivity index (χ2v) is 4.37. The average molecular weight is 307 g/mol. The Hall–Kier alpha value is -2.00. The Morgan fingerprint density at radius 2 is 2.11 bits per heavy atom. The highest BCUT2D eigenvalue weighted by atomic mass is 79.9. The van der Waals surface area contributed by atoms with Crippen LogP contribution < -0.4 is 5.32 Å². The fourth-order valence-corrected chi connectivity index (χ4v) is 1.82. The second kappa shape index (κ2) is 5.56. The first-order chi connectivity index (χ1) is 8.70. The SMILES string of the molecule is N#Cc1nccnc1NCc1cc(Br)ccc1F. The van der Waals surface area contributed by atoms with E-state index in [0.29, 0.717) is 11.4 Å². The quantitative estimate of drug-likeness (QED) is 0.947. The minimum atomic E-state index is -0.312. The van der Waals surface area contributed by atoms with Crippen LogP contribution >= 0.6 is 15.9 Å². The van der Waals surface area contributed by atoms with E-state index in [0.717, 1.165) is 4.47 Å². The molecule has 90 valence electrons. The highest BCUT2D eigenvalue weighted by molar-refractivity contribution is 9.10. The Kier molecular flexibility index (Phi) is 3.85. The summed E-state index contributed by atoms with van der Waals surface area (Å²) < 4.78 is 14.3. The van der Waals surface area contributed by atoms with Crippen molar-refractivity contribution in [2.45, 2.75) is 6.54 Å². The first-order valence-corrected chi connectivity index (χ1v) is 5.89. The fraction of sp³-hybridized carbons (Fsp3) is 0.0833. The third kappa shape index (κ3) is 2.81. The monoisotopic (exact) mass is 306 g/mol. The van der Waals surface area contributed by atoms with Crippen LogP contribution in [0, 0.1) is 17.1 Å². The molecule has 2 aromatic rings. The number of nitrogens with zero attached hydrogens (tertiary/aromatic N) is 3. The van der Waals surface area contributed by atoms with Crippen molar-refractivity contribution in [3.05, 3.63) is 52.1 Å². The molecule has 0 spiro atoms. The highest BCUT2D eigenvalue weighted by Crippen LogP contribution is 2.17. The number of halogens is 2. The Balaban J connectivity index is 2.17. The van der Waals surface area contributed by atoms with Crippen molar-refractivity contribution in [1.82, 2.24) is 9.97 Å². The fourth-order valence-electron chi connectivity index (χ4n) is 1.41. The third-order valence-electron chi connectivity index (χ3n) is 2.26. The molecule has 0 saturated heterocycles. The molecule has 1 N–H and O–H groups in total. The number of anilines is 1. The van der Waals surface area contributed by atoms with Crippen LogP contribution in [0.3, 0.4) is 0 Å². The molecular weight excluding hydrogens is 299 g/mol. The van der Waals surface area contributed by atoms with Gasteiger partial charge in [-0.25, -0.2) is 14.4 Å². The molecule has 2 rings (SSSR count). The lowest BCUT2D eigenvalue weighted by Crippen LogP contribution is -2.06. The first-order valence-electron chi connectivity index (χ1n) is 5.09. The van der Waals surface area contributed by atoms with Crippen LogP contribution in [0.2, 0.25) is 0 Å². The Morgan fingerprint density at radius 3 is 2.89 bits per heavy atom. The maximum absolute atomic E-state index is 13.5. The summed E-state index contributed by atoms with van der Waals surface area (Å²) in [5, 5.41) is 11.7. The standard InChI is InChI=1S/C12H8BrFN4/c13-9-1-2-10(14)8(5-9)7-18-12-11(6-15)16-3-4-17-12/h1-5H,7H2,(H,17,18). The van der Waals surface area contributed by atoms with Gasteiger partial charge in [-0.05, 0) is 18.2 Å². The molecule has 0 aliphatic carbocycles. The zero-order valence-electron chi connectivity index (χ0n) is 9.19. The van der Waals surface area contributed by atoms with Crippen LogP contribution in [-0.4, -0.2) is 9.97 Å². The Bertz CT molecular complexity index is 609. The molecule has 18 heavy (non-hydrogen) atoms.